The number of aryl methyl sites for hydroxylation is 1. The highest BCUT2D eigenvalue weighted by atomic mass is 16.5. The van der Waals surface area contributed by atoms with Gasteiger partial charge in [0.25, 0.3) is 5.91 Å². The van der Waals surface area contributed by atoms with E-state index in [1.54, 1.807) is 7.11 Å². The first-order chi connectivity index (χ1) is 14.9. The Labute approximate surface area is 183 Å². The molecule has 0 saturated carbocycles. The Bertz CT molecular complexity index is 934. The van der Waals surface area contributed by atoms with Gasteiger partial charge in [-0.3, -0.25) is 9.59 Å². The fourth-order valence-electron chi connectivity index (χ4n) is 3.74. The first-order valence-electron chi connectivity index (χ1n) is 10.5. The van der Waals surface area contributed by atoms with Gasteiger partial charge in [0.1, 0.15) is 5.75 Å². The molecule has 1 unspecified atom stereocenters. The summed E-state index contributed by atoms with van der Waals surface area (Å²) in [7, 11) is 1.55. The lowest BCUT2D eigenvalue weighted by Crippen LogP contribution is -2.34. The third kappa shape index (κ3) is 5.33. The summed E-state index contributed by atoms with van der Waals surface area (Å²) < 4.78 is 10.8. The predicted octanol–water partition coefficient (Wildman–Crippen LogP) is 4.02. The molecule has 6 nitrogen and oxygen atoms in total. The molecule has 2 aromatic carbocycles. The molecule has 31 heavy (non-hydrogen) atoms. The van der Waals surface area contributed by atoms with Crippen LogP contribution in [0.1, 0.15) is 37.4 Å². The lowest BCUT2D eigenvalue weighted by atomic mass is 9.93. The summed E-state index contributed by atoms with van der Waals surface area (Å²) in [5.41, 5.74) is 1.92. The SMILES string of the molecule is COCCN1C(=O)C(O)=C(C(=O)CCc2ccccc2)C1c1ccc(OC(C)C)cc1. The molecule has 1 amide bonds. The molecule has 164 valence electrons. The van der Waals surface area contributed by atoms with E-state index in [4.69, 9.17) is 9.47 Å². The quantitative estimate of drug-likeness (QED) is 0.625. The fraction of sp³-hybridized carbons (Fsp3) is 0.360. The number of carbonyl (C=O) groups excluding carboxylic acids is 2. The summed E-state index contributed by atoms with van der Waals surface area (Å²) >= 11 is 0. The predicted molar refractivity (Wildman–Crippen MR) is 118 cm³/mol. The zero-order chi connectivity index (χ0) is 22.4. The van der Waals surface area contributed by atoms with E-state index in [2.05, 4.69) is 0 Å². The molecule has 1 atom stereocenters. The summed E-state index contributed by atoms with van der Waals surface area (Å²) in [6.45, 7) is 4.46. The molecule has 1 N–H and O–H groups in total. The molecule has 1 aliphatic heterocycles. The van der Waals surface area contributed by atoms with Gasteiger partial charge in [-0.15, -0.1) is 0 Å². The van der Waals surface area contributed by atoms with E-state index in [-0.39, 0.29) is 30.4 Å². The smallest absolute Gasteiger partial charge is 0.290 e. The van der Waals surface area contributed by atoms with Crippen molar-refractivity contribution in [2.24, 2.45) is 0 Å². The standard InChI is InChI=1S/C25H29NO5/c1-17(2)31-20-12-10-19(11-13-20)23-22(24(28)25(29)26(23)15-16-30-3)21(27)14-9-18-7-5-4-6-8-18/h4-8,10-13,17,23,28H,9,14-16H2,1-3H3. The first-order valence-corrected chi connectivity index (χ1v) is 10.5. The Balaban J connectivity index is 1.88. The summed E-state index contributed by atoms with van der Waals surface area (Å²) in [5.74, 6) is -0.548. The van der Waals surface area contributed by atoms with Crippen molar-refractivity contribution < 1.29 is 24.2 Å². The number of hydrogen-bond donors (Lipinski definition) is 1. The van der Waals surface area contributed by atoms with Gasteiger partial charge in [0.05, 0.1) is 24.3 Å². The average molecular weight is 424 g/mol. The number of Topliss-reactive ketones (excluding diaryl/α,β-unsaturated/α-hetero) is 1. The number of aliphatic hydroxyl groups is 1. The van der Waals surface area contributed by atoms with Gasteiger partial charge in [0.2, 0.25) is 0 Å². The van der Waals surface area contributed by atoms with Crippen molar-refractivity contribution in [2.45, 2.75) is 38.8 Å². The number of ketones is 1. The van der Waals surface area contributed by atoms with E-state index < -0.39 is 17.7 Å². The zero-order valence-electron chi connectivity index (χ0n) is 18.2. The molecule has 1 heterocycles. The molecule has 3 rings (SSSR count). The topological polar surface area (TPSA) is 76.1 Å². The second-order valence-corrected chi connectivity index (χ2v) is 7.80. The molecular formula is C25H29NO5. The van der Waals surface area contributed by atoms with Gasteiger partial charge in [0, 0.05) is 20.1 Å². The maximum absolute atomic E-state index is 13.1. The highest BCUT2D eigenvalue weighted by Crippen LogP contribution is 2.38. The number of nitrogens with zero attached hydrogens (tertiary/aromatic N) is 1. The van der Waals surface area contributed by atoms with Crippen molar-refractivity contribution in [3.8, 4) is 5.75 Å². The summed E-state index contributed by atoms with van der Waals surface area (Å²) in [6.07, 6.45) is 0.785. The Hall–Kier alpha value is -3.12. The van der Waals surface area contributed by atoms with Crippen LogP contribution < -0.4 is 4.74 Å². The molecular weight excluding hydrogens is 394 g/mol. The second-order valence-electron chi connectivity index (χ2n) is 7.80. The highest BCUT2D eigenvalue weighted by molar-refractivity contribution is 6.09. The molecule has 0 bridgehead atoms. The van der Waals surface area contributed by atoms with E-state index in [1.165, 1.54) is 4.90 Å². The maximum atomic E-state index is 13.1. The van der Waals surface area contributed by atoms with Crippen molar-refractivity contribution in [3.05, 3.63) is 77.1 Å². The number of amides is 1. The molecule has 0 radical (unpaired) electrons. The van der Waals surface area contributed by atoms with Gasteiger partial charge in [-0.1, -0.05) is 42.5 Å². The van der Waals surface area contributed by atoms with Crippen LogP contribution in [0.3, 0.4) is 0 Å². The average Bonchev–Trinajstić information content (AvgIpc) is 3.01. The minimum Gasteiger partial charge on any atom is -0.503 e. The molecule has 6 heteroatoms. The number of ether oxygens (including phenoxy) is 2. The second kappa shape index (κ2) is 10.3. The fourth-order valence-corrected chi connectivity index (χ4v) is 3.74. The van der Waals surface area contributed by atoms with Gasteiger partial charge < -0.3 is 19.5 Å². The van der Waals surface area contributed by atoms with Crippen LogP contribution in [0.4, 0.5) is 0 Å². The Morgan fingerprint density at radius 3 is 2.39 bits per heavy atom. The van der Waals surface area contributed by atoms with Crippen LogP contribution >= 0.6 is 0 Å². The van der Waals surface area contributed by atoms with Crippen LogP contribution in [0.25, 0.3) is 0 Å². The highest BCUT2D eigenvalue weighted by Gasteiger charge is 2.42. The van der Waals surface area contributed by atoms with Crippen LogP contribution in [-0.2, 0) is 20.7 Å². The van der Waals surface area contributed by atoms with Gasteiger partial charge in [-0.25, -0.2) is 0 Å². The first kappa shape index (κ1) is 22.6. The summed E-state index contributed by atoms with van der Waals surface area (Å²) in [4.78, 5) is 27.4. The van der Waals surface area contributed by atoms with Crippen LogP contribution in [0, 0.1) is 0 Å². The third-order valence-electron chi connectivity index (χ3n) is 5.19. The van der Waals surface area contributed by atoms with Crippen molar-refractivity contribution in [1.82, 2.24) is 4.90 Å². The van der Waals surface area contributed by atoms with E-state index in [0.29, 0.717) is 18.8 Å². The normalized spacial score (nSPS) is 16.3. The number of aliphatic hydroxyl groups excluding tert-OH is 1. The molecule has 0 saturated heterocycles. The monoisotopic (exact) mass is 423 g/mol. The minimum atomic E-state index is -0.654. The van der Waals surface area contributed by atoms with Crippen molar-refractivity contribution in [1.29, 1.82) is 0 Å². The molecule has 0 fully saturated rings. The summed E-state index contributed by atoms with van der Waals surface area (Å²) in [6, 6.07) is 16.3. The van der Waals surface area contributed by atoms with Gasteiger partial charge in [0.15, 0.2) is 11.5 Å². The number of hydrogen-bond acceptors (Lipinski definition) is 5. The molecule has 1 aliphatic rings. The van der Waals surface area contributed by atoms with E-state index >= 15 is 0 Å². The largest absolute Gasteiger partial charge is 0.503 e. The molecule has 2 aromatic rings. The molecule has 0 aromatic heterocycles. The maximum Gasteiger partial charge on any atom is 0.290 e. The van der Waals surface area contributed by atoms with Crippen molar-refractivity contribution in [3.63, 3.8) is 0 Å². The number of methoxy groups -OCH3 is 1. The lowest BCUT2D eigenvalue weighted by molar-refractivity contribution is -0.130. The molecule has 0 spiro atoms. The van der Waals surface area contributed by atoms with Crippen molar-refractivity contribution in [2.75, 3.05) is 20.3 Å². The van der Waals surface area contributed by atoms with Crippen LogP contribution in [0.15, 0.2) is 65.9 Å². The van der Waals surface area contributed by atoms with E-state index in [1.807, 2.05) is 68.4 Å². The van der Waals surface area contributed by atoms with Crippen molar-refractivity contribution >= 4 is 11.7 Å². The zero-order valence-corrected chi connectivity index (χ0v) is 18.2. The van der Waals surface area contributed by atoms with Gasteiger partial charge >= 0.3 is 0 Å². The number of benzene rings is 2. The van der Waals surface area contributed by atoms with E-state index in [0.717, 1.165) is 11.1 Å². The third-order valence-corrected chi connectivity index (χ3v) is 5.19. The van der Waals surface area contributed by atoms with Gasteiger partial charge in [-0.05, 0) is 43.5 Å². The van der Waals surface area contributed by atoms with Gasteiger partial charge in [-0.2, -0.15) is 0 Å². The Morgan fingerprint density at radius 1 is 1.10 bits per heavy atom. The summed E-state index contributed by atoms with van der Waals surface area (Å²) in [5, 5.41) is 10.6. The Kier molecular flexibility index (Phi) is 7.47. The lowest BCUT2D eigenvalue weighted by Gasteiger charge is -2.26. The molecule has 0 aliphatic carbocycles. The Morgan fingerprint density at radius 2 is 1.77 bits per heavy atom. The minimum absolute atomic E-state index is 0.0381. The number of rotatable bonds is 10. The van der Waals surface area contributed by atoms with Crippen LogP contribution in [-0.4, -0.2) is 48.1 Å². The van der Waals surface area contributed by atoms with Crippen LogP contribution in [0.5, 0.6) is 5.75 Å². The van der Waals surface area contributed by atoms with E-state index in [9.17, 15) is 14.7 Å². The van der Waals surface area contributed by atoms with Crippen LogP contribution in [0.2, 0.25) is 0 Å². The number of carbonyl (C=O) groups is 2.